The second kappa shape index (κ2) is 7.53. The number of hydrogen-bond acceptors (Lipinski definition) is 6. The molecule has 0 saturated heterocycles. The van der Waals surface area contributed by atoms with Gasteiger partial charge in [-0.25, -0.2) is 4.98 Å². The van der Waals surface area contributed by atoms with Gasteiger partial charge in [0.05, 0.1) is 11.4 Å². The Bertz CT molecular complexity index is 727. The third-order valence-electron chi connectivity index (χ3n) is 3.81. The van der Waals surface area contributed by atoms with Crippen LogP contribution in [0.3, 0.4) is 0 Å². The van der Waals surface area contributed by atoms with Crippen LogP contribution < -0.4 is 5.32 Å². The largest absolute Gasteiger partial charge is 0.382 e. The van der Waals surface area contributed by atoms with E-state index in [1.807, 2.05) is 31.4 Å². The van der Waals surface area contributed by atoms with Crippen molar-refractivity contribution in [2.45, 2.75) is 32.8 Å². The lowest BCUT2D eigenvalue weighted by molar-refractivity contribution is -0.131. The zero-order valence-corrected chi connectivity index (χ0v) is 14.5. The molecule has 126 valence electrons. The minimum absolute atomic E-state index is 0.112. The first kappa shape index (κ1) is 16.6. The van der Waals surface area contributed by atoms with Crippen LogP contribution in [0.4, 0.5) is 0 Å². The highest BCUT2D eigenvalue weighted by atomic mass is 32.1. The predicted molar refractivity (Wildman–Crippen MR) is 93.8 cm³/mol. The van der Waals surface area contributed by atoms with E-state index in [0.717, 1.165) is 22.0 Å². The summed E-state index contributed by atoms with van der Waals surface area (Å²) >= 11 is 1.60. The van der Waals surface area contributed by atoms with E-state index >= 15 is 0 Å². The highest BCUT2D eigenvalue weighted by Crippen LogP contribution is 2.23. The maximum atomic E-state index is 12.1. The average molecular weight is 344 g/mol. The molecule has 0 spiro atoms. The van der Waals surface area contributed by atoms with Crippen LogP contribution in [0.25, 0.3) is 10.6 Å². The molecule has 1 unspecified atom stereocenters. The summed E-state index contributed by atoms with van der Waals surface area (Å²) in [5, 5.41) is 9.87. The number of aromatic nitrogens is 2. The van der Waals surface area contributed by atoms with Gasteiger partial charge in [0.25, 0.3) is 5.91 Å². The van der Waals surface area contributed by atoms with Crippen LogP contribution in [-0.2, 0) is 16.1 Å². The quantitative estimate of drug-likeness (QED) is 0.874. The summed E-state index contributed by atoms with van der Waals surface area (Å²) in [7, 11) is 0. The number of hydrogen-bond donors (Lipinski definition) is 1. The molecule has 7 heteroatoms. The summed E-state index contributed by atoms with van der Waals surface area (Å²) in [5.74, 6) is 0.198. The van der Waals surface area contributed by atoms with Crippen LogP contribution in [-0.4, -0.2) is 34.2 Å². The van der Waals surface area contributed by atoms with Crippen LogP contribution in [0.1, 0.15) is 26.0 Å². The van der Waals surface area contributed by atoms with Gasteiger partial charge in [0, 0.05) is 42.7 Å². The second-order valence-electron chi connectivity index (χ2n) is 5.96. The van der Waals surface area contributed by atoms with Crippen molar-refractivity contribution in [3.8, 4) is 10.6 Å². The zero-order chi connectivity index (χ0) is 16.9. The van der Waals surface area contributed by atoms with Crippen molar-refractivity contribution in [3.63, 3.8) is 0 Å². The lowest BCUT2D eigenvalue weighted by atomic mass is 10.0. The van der Waals surface area contributed by atoms with E-state index in [1.165, 1.54) is 0 Å². The SMILES string of the molecule is CC(C)C1=NOC(C(=O)NCCc2csc(-c3ccncc3)n2)C1. The van der Waals surface area contributed by atoms with Gasteiger partial charge in [-0.1, -0.05) is 19.0 Å². The van der Waals surface area contributed by atoms with E-state index in [4.69, 9.17) is 4.84 Å². The summed E-state index contributed by atoms with van der Waals surface area (Å²) in [5.41, 5.74) is 2.97. The van der Waals surface area contributed by atoms with Crippen LogP contribution in [0.5, 0.6) is 0 Å². The van der Waals surface area contributed by atoms with Gasteiger partial charge in [-0.15, -0.1) is 11.3 Å². The molecule has 2 aromatic rings. The fraction of sp³-hybridized carbons (Fsp3) is 0.412. The van der Waals surface area contributed by atoms with E-state index < -0.39 is 6.10 Å². The Morgan fingerprint density at radius 2 is 2.21 bits per heavy atom. The molecule has 2 aromatic heterocycles. The van der Waals surface area contributed by atoms with Gasteiger partial charge in [0.1, 0.15) is 5.01 Å². The second-order valence-corrected chi connectivity index (χ2v) is 6.81. The average Bonchev–Trinajstić information content (AvgIpc) is 3.25. The molecule has 3 rings (SSSR count). The van der Waals surface area contributed by atoms with E-state index in [0.29, 0.717) is 25.3 Å². The Balaban J connectivity index is 1.46. The van der Waals surface area contributed by atoms with Gasteiger partial charge in [0.15, 0.2) is 0 Å². The molecule has 24 heavy (non-hydrogen) atoms. The Labute approximate surface area is 145 Å². The van der Waals surface area contributed by atoms with Crippen molar-refractivity contribution in [2.24, 2.45) is 11.1 Å². The molecule has 1 N–H and O–H groups in total. The lowest BCUT2D eigenvalue weighted by Gasteiger charge is -2.09. The lowest BCUT2D eigenvalue weighted by Crippen LogP contribution is -2.36. The van der Waals surface area contributed by atoms with E-state index in [2.05, 4.69) is 20.4 Å². The fourth-order valence-electron chi connectivity index (χ4n) is 2.35. The predicted octanol–water partition coefficient (Wildman–Crippen LogP) is 2.66. The van der Waals surface area contributed by atoms with Crippen molar-refractivity contribution in [3.05, 3.63) is 35.6 Å². The van der Waals surface area contributed by atoms with E-state index in [9.17, 15) is 4.79 Å². The summed E-state index contributed by atoms with van der Waals surface area (Å²) < 4.78 is 0. The molecule has 1 atom stereocenters. The molecule has 6 nitrogen and oxygen atoms in total. The monoisotopic (exact) mass is 344 g/mol. The topological polar surface area (TPSA) is 76.5 Å². The van der Waals surface area contributed by atoms with Crippen LogP contribution in [0.15, 0.2) is 35.1 Å². The van der Waals surface area contributed by atoms with E-state index in [-0.39, 0.29) is 5.91 Å². The number of carbonyl (C=O) groups excluding carboxylic acids is 1. The van der Waals surface area contributed by atoms with Crippen molar-refractivity contribution >= 4 is 23.0 Å². The molecule has 1 aliphatic heterocycles. The van der Waals surface area contributed by atoms with Crippen molar-refractivity contribution < 1.29 is 9.63 Å². The number of nitrogens with one attached hydrogen (secondary N) is 1. The molecule has 0 aliphatic carbocycles. The number of oxime groups is 1. The Morgan fingerprint density at radius 1 is 1.42 bits per heavy atom. The standard InChI is InChI=1S/C17H20N4O2S/c1-11(2)14-9-15(23-21-14)16(22)19-8-5-13-10-24-17(20-13)12-3-6-18-7-4-12/h3-4,6-7,10-11,15H,5,8-9H2,1-2H3,(H,19,22). The fourth-order valence-corrected chi connectivity index (χ4v) is 3.21. The Hall–Kier alpha value is -2.28. The third kappa shape index (κ3) is 3.97. The van der Waals surface area contributed by atoms with Crippen molar-refractivity contribution in [1.29, 1.82) is 0 Å². The molecular formula is C17H20N4O2S. The molecule has 0 aromatic carbocycles. The summed E-state index contributed by atoms with van der Waals surface area (Å²) in [6.07, 6.45) is 4.28. The first-order chi connectivity index (χ1) is 11.6. The normalized spacial score (nSPS) is 16.8. The molecule has 0 saturated carbocycles. The molecule has 1 aliphatic rings. The molecule has 1 amide bonds. The van der Waals surface area contributed by atoms with Crippen molar-refractivity contribution in [2.75, 3.05) is 6.54 Å². The number of thiazole rings is 1. The summed E-state index contributed by atoms with van der Waals surface area (Å²) in [6.45, 7) is 4.63. The van der Waals surface area contributed by atoms with Crippen LogP contribution in [0, 0.1) is 5.92 Å². The first-order valence-corrected chi connectivity index (χ1v) is 8.86. The van der Waals surface area contributed by atoms with Crippen LogP contribution >= 0.6 is 11.3 Å². The molecule has 0 radical (unpaired) electrons. The maximum Gasteiger partial charge on any atom is 0.264 e. The number of rotatable bonds is 6. The van der Waals surface area contributed by atoms with E-state index in [1.54, 1.807) is 23.7 Å². The highest BCUT2D eigenvalue weighted by Gasteiger charge is 2.28. The van der Waals surface area contributed by atoms with Gasteiger partial charge >= 0.3 is 0 Å². The van der Waals surface area contributed by atoms with Crippen LogP contribution in [0.2, 0.25) is 0 Å². The third-order valence-corrected chi connectivity index (χ3v) is 4.75. The number of nitrogens with zero attached hydrogens (tertiary/aromatic N) is 3. The van der Waals surface area contributed by atoms with Gasteiger partial charge in [0.2, 0.25) is 6.10 Å². The minimum Gasteiger partial charge on any atom is -0.382 e. The highest BCUT2D eigenvalue weighted by molar-refractivity contribution is 7.13. The van der Waals surface area contributed by atoms with Gasteiger partial charge in [-0.2, -0.15) is 0 Å². The Kier molecular flexibility index (Phi) is 5.20. The Morgan fingerprint density at radius 3 is 2.92 bits per heavy atom. The summed E-state index contributed by atoms with van der Waals surface area (Å²) in [4.78, 5) is 25.9. The first-order valence-electron chi connectivity index (χ1n) is 7.98. The zero-order valence-electron chi connectivity index (χ0n) is 13.7. The maximum absolute atomic E-state index is 12.1. The number of amides is 1. The van der Waals surface area contributed by atoms with Gasteiger partial charge in [-0.3, -0.25) is 9.78 Å². The molecule has 0 fully saturated rings. The number of carbonyl (C=O) groups is 1. The molecule has 3 heterocycles. The number of pyridine rings is 1. The smallest absolute Gasteiger partial charge is 0.264 e. The van der Waals surface area contributed by atoms with Gasteiger partial charge in [-0.05, 0) is 18.1 Å². The van der Waals surface area contributed by atoms with Crippen molar-refractivity contribution in [1.82, 2.24) is 15.3 Å². The molecular weight excluding hydrogens is 324 g/mol. The molecule has 0 bridgehead atoms. The minimum atomic E-state index is -0.495. The summed E-state index contributed by atoms with van der Waals surface area (Å²) in [6, 6.07) is 3.88. The van der Waals surface area contributed by atoms with Gasteiger partial charge < -0.3 is 10.2 Å².